The number of benzene rings is 2. The van der Waals surface area contributed by atoms with Crippen molar-refractivity contribution in [1.29, 1.82) is 0 Å². The summed E-state index contributed by atoms with van der Waals surface area (Å²) in [6, 6.07) is 10.1. The quantitative estimate of drug-likeness (QED) is 0.391. The molecule has 0 radical (unpaired) electrons. The molecule has 1 atom stereocenters. The van der Waals surface area contributed by atoms with Crippen molar-refractivity contribution in [2.24, 2.45) is 14.1 Å². The van der Waals surface area contributed by atoms with Crippen LogP contribution in [0.15, 0.2) is 55.1 Å². The van der Waals surface area contributed by atoms with E-state index in [1.165, 1.54) is 0 Å². The number of rotatable bonds is 7. The molecule has 1 amide bonds. The van der Waals surface area contributed by atoms with Gasteiger partial charge in [0.1, 0.15) is 5.75 Å². The minimum atomic E-state index is -0.249. The third-order valence-electron chi connectivity index (χ3n) is 7.53. The molecular formula is C30H37N7O2. The number of carbonyl (C=O) groups is 1. The summed E-state index contributed by atoms with van der Waals surface area (Å²) >= 11 is 0. The average molecular weight is 528 g/mol. The Kier molecular flexibility index (Phi) is 7.43. The van der Waals surface area contributed by atoms with E-state index in [1.54, 1.807) is 16.5 Å². The van der Waals surface area contributed by atoms with Crippen LogP contribution in [0.25, 0.3) is 22.3 Å². The van der Waals surface area contributed by atoms with Crippen molar-refractivity contribution in [3.8, 4) is 28.0 Å². The summed E-state index contributed by atoms with van der Waals surface area (Å²) in [5, 5.41) is 12.0. The van der Waals surface area contributed by atoms with Gasteiger partial charge in [0.05, 0.1) is 25.5 Å². The lowest BCUT2D eigenvalue weighted by Crippen LogP contribution is -2.44. The molecule has 2 aromatic heterocycles. The van der Waals surface area contributed by atoms with Crippen molar-refractivity contribution in [2.45, 2.75) is 19.9 Å². The molecule has 2 aromatic carbocycles. The van der Waals surface area contributed by atoms with Crippen molar-refractivity contribution in [3.05, 3.63) is 71.8 Å². The first-order valence-electron chi connectivity index (χ1n) is 13.3. The maximum Gasteiger partial charge on any atom is 0.252 e. The van der Waals surface area contributed by atoms with E-state index in [1.807, 2.05) is 64.9 Å². The first-order chi connectivity index (χ1) is 18.7. The number of aryl methyl sites for hydroxylation is 3. The number of methoxy groups -OCH3 is 1. The number of ether oxygens (including phenoxy) is 1. The molecule has 1 aliphatic rings. The molecule has 0 aliphatic carbocycles. The van der Waals surface area contributed by atoms with Gasteiger partial charge in [-0.3, -0.25) is 14.2 Å². The summed E-state index contributed by atoms with van der Waals surface area (Å²) < 4.78 is 9.45. The minimum Gasteiger partial charge on any atom is -0.495 e. The molecular weight excluding hydrogens is 490 g/mol. The SMILES string of the molecule is COc1c(-c2cnn(C)c2)cc([C@@H](C)NC(=O)c2cc(N3CCN(C)CC3)ccc2C)cc1-c1cnn(C)c1. The van der Waals surface area contributed by atoms with Crippen LogP contribution in [0.2, 0.25) is 0 Å². The summed E-state index contributed by atoms with van der Waals surface area (Å²) in [6.07, 6.45) is 7.58. The highest BCUT2D eigenvalue weighted by atomic mass is 16.5. The third-order valence-corrected chi connectivity index (χ3v) is 7.53. The number of anilines is 1. The van der Waals surface area contributed by atoms with Gasteiger partial charge in [0, 0.05) is 86.2 Å². The molecule has 0 saturated carbocycles. The van der Waals surface area contributed by atoms with Gasteiger partial charge in [-0.15, -0.1) is 0 Å². The molecule has 1 saturated heterocycles. The van der Waals surface area contributed by atoms with E-state index in [0.29, 0.717) is 5.56 Å². The van der Waals surface area contributed by atoms with Crippen molar-refractivity contribution in [3.63, 3.8) is 0 Å². The van der Waals surface area contributed by atoms with Crippen LogP contribution in [-0.2, 0) is 14.1 Å². The van der Waals surface area contributed by atoms with Crippen LogP contribution in [0.5, 0.6) is 5.75 Å². The second-order valence-corrected chi connectivity index (χ2v) is 10.4. The van der Waals surface area contributed by atoms with Crippen LogP contribution in [0.1, 0.15) is 34.5 Å². The molecule has 1 fully saturated rings. The van der Waals surface area contributed by atoms with Crippen LogP contribution in [-0.4, -0.2) is 70.7 Å². The van der Waals surface area contributed by atoms with Gasteiger partial charge in [-0.05, 0) is 56.3 Å². The Hall–Kier alpha value is -4.11. The van der Waals surface area contributed by atoms with Crippen LogP contribution in [0.4, 0.5) is 5.69 Å². The van der Waals surface area contributed by atoms with Gasteiger partial charge in [0.2, 0.25) is 0 Å². The smallest absolute Gasteiger partial charge is 0.252 e. The molecule has 1 aliphatic heterocycles. The molecule has 9 heteroatoms. The summed E-state index contributed by atoms with van der Waals surface area (Å²) in [7, 11) is 7.61. The first-order valence-corrected chi connectivity index (χ1v) is 13.3. The molecule has 0 unspecified atom stereocenters. The van der Waals surface area contributed by atoms with Crippen LogP contribution < -0.4 is 15.0 Å². The Labute approximate surface area is 230 Å². The van der Waals surface area contributed by atoms with E-state index < -0.39 is 0 Å². The predicted octanol–water partition coefficient (Wildman–Crippen LogP) is 4.05. The summed E-state index contributed by atoms with van der Waals surface area (Å²) in [5.41, 5.74) is 7.42. The molecule has 0 bridgehead atoms. The molecule has 0 spiro atoms. The van der Waals surface area contributed by atoms with Crippen molar-refractivity contribution >= 4 is 11.6 Å². The van der Waals surface area contributed by atoms with Crippen LogP contribution >= 0.6 is 0 Å². The van der Waals surface area contributed by atoms with Gasteiger partial charge >= 0.3 is 0 Å². The van der Waals surface area contributed by atoms with Crippen LogP contribution in [0, 0.1) is 6.92 Å². The van der Waals surface area contributed by atoms with Gasteiger partial charge in [-0.2, -0.15) is 10.2 Å². The minimum absolute atomic E-state index is 0.0855. The number of carbonyl (C=O) groups excluding carboxylic acids is 1. The van der Waals surface area contributed by atoms with E-state index in [-0.39, 0.29) is 11.9 Å². The molecule has 1 N–H and O–H groups in total. The fraction of sp³-hybridized carbons (Fsp3) is 0.367. The number of hydrogen-bond donors (Lipinski definition) is 1. The Morgan fingerprint density at radius 1 is 0.923 bits per heavy atom. The number of nitrogens with one attached hydrogen (secondary N) is 1. The number of piperazine rings is 1. The average Bonchev–Trinajstić information content (AvgIpc) is 3.56. The van der Waals surface area contributed by atoms with Gasteiger partial charge in [0.25, 0.3) is 5.91 Å². The fourth-order valence-electron chi connectivity index (χ4n) is 5.14. The second-order valence-electron chi connectivity index (χ2n) is 10.4. The molecule has 9 nitrogen and oxygen atoms in total. The number of likely N-dealkylation sites (N-methyl/N-ethyl adjacent to an activating group) is 1. The topological polar surface area (TPSA) is 80.5 Å². The highest BCUT2D eigenvalue weighted by Gasteiger charge is 2.22. The lowest BCUT2D eigenvalue weighted by molar-refractivity contribution is 0.0939. The Morgan fingerprint density at radius 2 is 1.51 bits per heavy atom. The lowest BCUT2D eigenvalue weighted by atomic mass is 9.94. The number of aromatic nitrogens is 4. The van der Waals surface area contributed by atoms with E-state index in [0.717, 1.165) is 71.0 Å². The Balaban J connectivity index is 1.47. The summed E-state index contributed by atoms with van der Waals surface area (Å²) in [5.74, 6) is 0.659. The molecule has 3 heterocycles. The molecule has 5 rings (SSSR count). The third kappa shape index (κ3) is 5.54. The van der Waals surface area contributed by atoms with Crippen molar-refractivity contribution in [2.75, 3.05) is 45.2 Å². The summed E-state index contributed by atoms with van der Waals surface area (Å²) in [6.45, 7) is 7.94. The Bertz CT molecular complexity index is 1420. The van der Waals surface area contributed by atoms with Gasteiger partial charge < -0.3 is 19.9 Å². The largest absolute Gasteiger partial charge is 0.495 e. The number of hydrogen-bond acceptors (Lipinski definition) is 6. The first kappa shape index (κ1) is 26.5. The molecule has 39 heavy (non-hydrogen) atoms. The number of amides is 1. The highest BCUT2D eigenvalue weighted by molar-refractivity contribution is 5.97. The summed E-state index contributed by atoms with van der Waals surface area (Å²) in [4.78, 5) is 18.3. The predicted molar refractivity (Wildman–Crippen MR) is 154 cm³/mol. The molecule has 4 aromatic rings. The standard InChI is InChI=1S/C30H37N7O2/c1-20-7-8-25(37-11-9-34(3)10-12-37)15-26(20)30(38)33-21(2)22-13-27(23-16-31-35(4)18-23)29(39-6)28(14-22)24-17-32-36(5)19-24/h7-8,13-19,21H,9-12H2,1-6H3,(H,33,38)/t21-/m1/s1. The monoisotopic (exact) mass is 527 g/mol. The highest BCUT2D eigenvalue weighted by Crippen LogP contribution is 2.41. The fourth-order valence-corrected chi connectivity index (χ4v) is 5.14. The normalized spacial score (nSPS) is 14.9. The van der Waals surface area contributed by atoms with Gasteiger partial charge in [-0.25, -0.2) is 0 Å². The van der Waals surface area contributed by atoms with Crippen molar-refractivity contribution < 1.29 is 9.53 Å². The number of nitrogens with zero attached hydrogens (tertiary/aromatic N) is 6. The zero-order valence-corrected chi connectivity index (χ0v) is 23.6. The van der Waals surface area contributed by atoms with E-state index in [4.69, 9.17) is 4.74 Å². The Morgan fingerprint density at radius 3 is 2.03 bits per heavy atom. The maximum absolute atomic E-state index is 13.6. The lowest BCUT2D eigenvalue weighted by Gasteiger charge is -2.34. The van der Waals surface area contributed by atoms with E-state index in [2.05, 4.69) is 50.6 Å². The van der Waals surface area contributed by atoms with Gasteiger partial charge in [0.15, 0.2) is 0 Å². The second kappa shape index (κ2) is 10.9. The van der Waals surface area contributed by atoms with Crippen molar-refractivity contribution in [1.82, 2.24) is 29.8 Å². The zero-order valence-electron chi connectivity index (χ0n) is 23.6. The van der Waals surface area contributed by atoms with E-state index >= 15 is 0 Å². The maximum atomic E-state index is 13.6. The zero-order chi connectivity index (χ0) is 27.7. The van der Waals surface area contributed by atoms with Crippen LogP contribution in [0.3, 0.4) is 0 Å². The van der Waals surface area contributed by atoms with Gasteiger partial charge in [-0.1, -0.05) is 6.07 Å². The molecule has 204 valence electrons. The van der Waals surface area contributed by atoms with E-state index in [9.17, 15) is 4.79 Å².